The van der Waals surface area contributed by atoms with Crippen LogP contribution < -0.4 is 14.8 Å². The van der Waals surface area contributed by atoms with Crippen molar-refractivity contribution in [2.24, 2.45) is 0 Å². The van der Waals surface area contributed by atoms with Crippen molar-refractivity contribution in [3.63, 3.8) is 0 Å². The van der Waals surface area contributed by atoms with Crippen molar-refractivity contribution in [3.05, 3.63) is 60.2 Å². The van der Waals surface area contributed by atoms with Crippen molar-refractivity contribution in [2.75, 3.05) is 31.8 Å². The lowest BCUT2D eigenvalue weighted by Gasteiger charge is -2.42. The minimum Gasteiger partial charge on any atom is -0.493 e. The van der Waals surface area contributed by atoms with Gasteiger partial charge in [-0.25, -0.2) is 8.42 Å². The van der Waals surface area contributed by atoms with Crippen LogP contribution in [0, 0.1) is 0 Å². The number of amides is 1. The molecule has 1 unspecified atom stereocenters. The quantitative estimate of drug-likeness (QED) is 0.313. The maximum Gasteiger partial charge on any atom is 0.323 e. The number of carboxylic acids is 1. The zero-order chi connectivity index (χ0) is 28.8. The summed E-state index contributed by atoms with van der Waals surface area (Å²) in [6.07, 6.45) is 0. The summed E-state index contributed by atoms with van der Waals surface area (Å²) < 4.78 is 44.0. The van der Waals surface area contributed by atoms with Crippen LogP contribution >= 0.6 is 11.8 Å². The molecule has 1 saturated heterocycles. The van der Waals surface area contributed by atoms with Gasteiger partial charge in [0.05, 0.1) is 19.1 Å². The number of anilines is 1. The molecule has 1 aromatic heterocycles. The van der Waals surface area contributed by atoms with Crippen LogP contribution in [0.4, 0.5) is 5.69 Å². The molecule has 1 atom stereocenters. The van der Waals surface area contributed by atoms with Gasteiger partial charge in [0.25, 0.3) is 5.91 Å². The average molecular weight is 585 g/mol. The van der Waals surface area contributed by atoms with E-state index >= 15 is 0 Å². The number of ether oxygens (including phenoxy) is 2. The molecule has 2 N–H and O–H groups in total. The Morgan fingerprint density at radius 3 is 2.45 bits per heavy atom. The summed E-state index contributed by atoms with van der Waals surface area (Å²) in [5.74, 6) is -0.121. The van der Waals surface area contributed by atoms with Gasteiger partial charge in [-0.3, -0.25) is 9.59 Å². The molecule has 1 aliphatic heterocycles. The van der Waals surface area contributed by atoms with E-state index in [9.17, 15) is 23.1 Å². The molecule has 5 rings (SSSR count). The van der Waals surface area contributed by atoms with E-state index in [1.807, 2.05) is 0 Å². The van der Waals surface area contributed by atoms with Crippen LogP contribution in [-0.4, -0.2) is 67.0 Å². The molecular formula is C28H28N2O8S2. The van der Waals surface area contributed by atoms with Crippen LogP contribution in [0.1, 0.15) is 24.2 Å². The molecule has 3 aromatic carbocycles. The van der Waals surface area contributed by atoms with E-state index in [1.54, 1.807) is 56.3 Å². The Labute approximate surface area is 235 Å². The molecule has 1 amide bonds. The van der Waals surface area contributed by atoms with Gasteiger partial charge in [0.1, 0.15) is 17.2 Å². The number of carbonyl (C=O) groups excluding carboxylic acids is 1. The van der Waals surface area contributed by atoms with Crippen molar-refractivity contribution < 1.29 is 37.0 Å². The molecule has 2 heterocycles. The van der Waals surface area contributed by atoms with Gasteiger partial charge in [-0.05, 0) is 62.4 Å². The number of carbonyl (C=O) groups is 2. The van der Waals surface area contributed by atoms with Crippen molar-refractivity contribution in [1.82, 2.24) is 4.31 Å². The third-order valence-electron chi connectivity index (χ3n) is 6.92. The molecule has 0 spiro atoms. The van der Waals surface area contributed by atoms with E-state index in [0.29, 0.717) is 50.4 Å². The molecule has 1 aliphatic rings. The number of nitrogens with one attached hydrogen (secondary N) is 1. The Kier molecular flexibility index (Phi) is 7.19. The lowest BCUT2D eigenvalue weighted by Crippen LogP contribution is -2.58. The zero-order valence-corrected chi connectivity index (χ0v) is 23.9. The number of hydrogen-bond donors (Lipinski definition) is 2. The number of benzene rings is 3. The highest BCUT2D eigenvalue weighted by Crippen LogP contribution is 2.39. The summed E-state index contributed by atoms with van der Waals surface area (Å²) in [7, 11) is -1.11. The van der Waals surface area contributed by atoms with Gasteiger partial charge >= 0.3 is 5.97 Å². The third-order valence-corrected chi connectivity index (χ3v) is 10.1. The first-order chi connectivity index (χ1) is 19.0. The Bertz CT molecular complexity index is 1750. The van der Waals surface area contributed by atoms with E-state index in [4.69, 9.17) is 13.9 Å². The molecule has 210 valence electrons. The summed E-state index contributed by atoms with van der Waals surface area (Å²) >= 11 is 1.44. The minimum absolute atomic E-state index is 0.0116. The number of furan rings is 1. The number of hydrogen-bond acceptors (Lipinski definition) is 8. The SMILES string of the molecule is COc1ccc(C(=O)Nc2ccc3c(c2)oc2ccc(S(=O)(=O)N4CCSC(C)(C)C4C(=O)O)cc23)cc1OC. The number of carboxylic acid groups (broad SMARTS) is 1. The van der Waals surface area contributed by atoms with E-state index in [-0.39, 0.29) is 17.3 Å². The second-order valence-electron chi connectivity index (χ2n) is 9.80. The second-order valence-corrected chi connectivity index (χ2v) is 13.4. The fourth-order valence-corrected chi connectivity index (χ4v) is 8.07. The monoisotopic (exact) mass is 584 g/mol. The fraction of sp³-hybridized carbons (Fsp3) is 0.286. The van der Waals surface area contributed by atoms with E-state index in [2.05, 4.69) is 5.32 Å². The average Bonchev–Trinajstić information content (AvgIpc) is 3.28. The maximum absolute atomic E-state index is 13.6. The van der Waals surface area contributed by atoms with Gasteiger partial charge in [0.2, 0.25) is 10.0 Å². The van der Waals surface area contributed by atoms with Crippen LogP contribution in [0.5, 0.6) is 11.5 Å². The van der Waals surface area contributed by atoms with Crippen molar-refractivity contribution in [2.45, 2.75) is 29.5 Å². The molecule has 0 saturated carbocycles. The fourth-order valence-electron chi connectivity index (χ4n) is 4.94. The minimum atomic E-state index is -4.11. The van der Waals surface area contributed by atoms with Gasteiger partial charge in [-0.2, -0.15) is 16.1 Å². The topological polar surface area (TPSA) is 135 Å². The summed E-state index contributed by atoms with van der Waals surface area (Å²) in [5, 5.41) is 13.9. The number of thioether (sulfide) groups is 1. The molecule has 4 aromatic rings. The number of sulfonamides is 1. The number of rotatable bonds is 7. The number of fused-ring (bicyclic) bond motifs is 3. The largest absolute Gasteiger partial charge is 0.493 e. The molecule has 1 fully saturated rings. The predicted molar refractivity (Wildman–Crippen MR) is 153 cm³/mol. The summed E-state index contributed by atoms with van der Waals surface area (Å²) in [6.45, 7) is 3.58. The first-order valence-electron chi connectivity index (χ1n) is 12.3. The van der Waals surface area contributed by atoms with Crippen LogP contribution in [0.25, 0.3) is 21.9 Å². The smallest absolute Gasteiger partial charge is 0.323 e. The second kappa shape index (κ2) is 10.3. The van der Waals surface area contributed by atoms with Gasteiger partial charge in [-0.1, -0.05) is 0 Å². The molecule has 0 bridgehead atoms. The Hall–Kier alpha value is -3.74. The number of methoxy groups -OCH3 is 2. The van der Waals surface area contributed by atoms with Gasteiger partial charge in [-0.15, -0.1) is 0 Å². The highest BCUT2D eigenvalue weighted by atomic mass is 32.2. The summed E-state index contributed by atoms with van der Waals surface area (Å²) in [5.41, 5.74) is 1.77. The Morgan fingerprint density at radius 1 is 1.00 bits per heavy atom. The van der Waals surface area contributed by atoms with E-state index in [1.165, 1.54) is 38.1 Å². The van der Waals surface area contributed by atoms with Gasteiger partial charge in [0.15, 0.2) is 11.5 Å². The summed E-state index contributed by atoms with van der Waals surface area (Å²) in [6, 6.07) is 13.2. The number of aliphatic carboxylic acids is 1. The first kappa shape index (κ1) is 27.8. The molecule has 40 heavy (non-hydrogen) atoms. The zero-order valence-electron chi connectivity index (χ0n) is 22.3. The highest BCUT2D eigenvalue weighted by Gasteiger charge is 2.48. The molecule has 12 heteroatoms. The van der Waals surface area contributed by atoms with E-state index < -0.39 is 26.8 Å². The standard InChI is InChI=1S/C28H28N2O8S2/c1-28(2)25(27(32)33)30(11-12-39-28)40(34,35)18-7-10-21-20(15-18)19-8-6-17(14-23(19)38-21)29-26(31)16-5-9-22(36-3)24(13-16)37-4/h5-10,13-15,25H,11-12H2,1-4H3,(H,29,31)(H,32,33). The third kappa shape index (κ3) is 4.87. The Balaban J connectivity index is 1.46. The van der Waals surface area contributed by atoms with Gasteiger partial charge < -0.3 is 24.3 Å². The molecule has 10 nitrogen and oxygen atoms in total. The van der Waals surface area contributed by atoms with Gasteiger partial charge in [0, 0.05) is 45.1 Å². The van der Waals surface area contributed by atoms with Crippen LogP contribution in [0.15, 0.2) is 63.9 Å². The van der Waals surface area contributed by atoms with Crippen molar-refractivity contribution in [3.8, 4) is 11.5 Å². The highest BCUT2D eigenvalue weighted by molar-refractivity contribution is 8.00. The van der Waals surface area contributed by atoms with Crippen LogP contribution in [-0.2, 0) is 14.8 Å². The molecule has 0 aliphatic carbocycles. The Morgan fingerprint density at radius 2 is 1.75 bits per heavy atom. The molecule has 0 radical (unpaired) electrons. The van der Waals surface area contributed by atoms with Crippen molar-refractivity contribution >= 4 is 61.3 Å². The predicted octanol–water partition coefficient (Wildman–Crippen LogP) is 4.82. The lowest BCUT2D eigenvalue weighted by atomic mass is 10.0. The maximum atomic E-state index is 13.6. The first-order valence-corrected chi connectivity index (χ1v) is 14.8. The normalized spacial score (nSPS) is 17.6. The lowest BCUT2D eigenvalue weighted by molar-refractivity contribution is -0.142. The molecular weight excluding hydrogens is 556 g/mol. The number of nitrogens with zero attached hydrogens (tertiary/aromatic N) is 1. The van der Waals surface area contributed by atoms with E-state index in [0.717, 1.165) is 4.31 Å². The van der Waals surface area contributed by atoms with Crippen LogP contribution in [0.3, 0.4) is 0 Å². The van der Waals surface area contributed by atoms with Crippen LogP contribution in [0.2, 0.25) is 0 Å². The van der Waals surface area contributed by atoms with Crippen molar-refractivity contribution in [1.29, 1.82) is 0 Å². The summed E-state index contributed by atoms with van der Waals surface area (Å²) in [4.78, 5) is 24.9.